The molecular formula is C14H16ClFN2O. The minimum atomic E-state index is -0.298. The van der Waals surface area contributed by atoms with Gasteiger partial charge < -0.3 is 10.2 Å². The number of hydrogen-bond acceptors (Lipinski definition) is 2. The fourth-order valence-corrected chi connectivity index (χ4v) is 3.07. The van der Waals surface area contributed by atoms with Crippen LogP contribution < -0.4 is 5.32 Å². The number of benzene rings is 1. The molecule has 2 atom stereocenters. The van der Waals surface area contributed by atoms with Gasteiger partial charge in [-0.1, -0.05) is 17.7 Å². The molecule has 0 aromatic heterocycles. The van der Waals surface area contributed by atoms with E-state index in [0.717, 1.165) is 26.2 Å². The van der Waals surface area contributed by atoms with E-state index in [9.17, 15) is 9.18 Å². The van der Waals surface area contributed by atoms with Crippen molar-refractivity contribution in [2.24, 2.45) is 5.92 Å². The van der Waals surface area contributed by atoms with E-state index >= 15 is 0 Å². The molecular weight excluding hydrogens is 267 g/mol. The Labute approximate surface area is 116 Å². The highest BCUT2D eigenvalue weighted by atomic mass is 35.5. The fourth-order valence-electron chi connectivity index (χ4n) is 2.77. The van der Waals surface area contributed by atoms with Crippen molar-refractivity contribution in [2.75, 3.05) is 26.2 Å². The van der Waals surface area contributed by atoms with E-state index in [1.165, 1.54) is 6.07 Å². The number of carbonyl (C=O) groups is 1. The second-order valence-electron chi connectivity index (χ2n) is 5.16. The van der Waals surface area contributed by atoms with E-state index < -0.39 is 0 Å². The average Bonchev–Trinajstić information content (AvgIpc) is 3.19. The summed E-state index contributed by atoms with van der Waals surface area (Å²) in [7, 11) is 0. The van der Waals surface area contributed by atoms with Crippen molar-refractivity contribution in [1.82, 2.24) is 10.2 Å². The Morgan fingerprint density at radius 2 is 2.11 bits per heavy atom. The van der Waals surface area contributed by atoms with Crippen LogP contribution in [0.5, 0.6) is 0 Å². The minimum Gasteiger partial charge on any atom is -0.340 e. The molecule has 1 saturated heterocycles. The lowest BCUT2D eigenvalue weighted by atomic mass is 10.1. The van der Waals surface area contributed by atoms with Crippen molar-refractivity contribution in [3.63, 3.8) is 0 Å². The van der Waals surface area contributed by atoms with E-state index in [2.05, 4.69) is 5.32 Å². The Bertz CT molecular complexity index is 482. The molecule has 2 aliphatic rings. The number of halogens is 2. The van der Waals surface area contributed by atoms with Crippen LogP contribution in [-0.4, -0.2) is 37.0 Å². The van der Waals surface area contributed by atoms with E-state index in [4.69, 9.17) is 11.6 Å². The van der Waals surface area contributed by atoms with Crippen LogP contribution in [0.1, 0.15) is 17.9 Å². The number of piperazine rings is 1. The van der Waals surface area contributed by atoms with Gasteiger partial charge in [-0.3, -0.25) is 4.79 Å². The first-order valence-corrected chi connectivity index (χ1v) is 6.99. The molecule has 1 heterocycles. The normalized spacial score (nSPS) is 26.3. The molecule has 0 spiro atoms. The summed E-state index contributed by atoms with van der Waals surface area (Å²) in [5.74, 6) is -0.289. The maximum atomic E-state index is 13.8. The zero-order valence-corrected chi connectivity index (χ0v) is 11.3. The molecule has 0 unspecified atom stereocenters. The van der Waals surface area contributed by atoms with Crippen molar-refractivity contribution in [2.45, 2.75) is 12.3 Å². The highest BCUT2D eigenvalue weighted by Gasteiger charge is 2.47. The number of hydrogen-bond donors (Lipinski definition) is 1. The number of amides is 1. The number of rotatable bonds is 2. The van der Waals surface area contributed by atoms with E-state index in [1.807, 2.05) is 4.90 Å². The summed E-state index contributed by atoms with van der Waals surface area (Å²) in [6, 6.07) is 4.69. The molecule has 0 bridgehead atoms. The highest BCUT2D eigenvalue weighted by molar-refractivity contribution is 6.31. The summed E-state index contributed by atoms with van der Waals surface area (Å²) >= 11 is 6.05. The first kappa shape index (κ1) is 12.9. The number of carbonyl (C=O) groups excluding carboxylic acids is 1. The summed E-state index contributed by atoms with van der Waals surface area (Å²) in [5, 5.41) is 3.65. The van der Waals surface area contributed by atoms with Crippen LogP contribution in [0.2, 0.25) is 5.02 Å². The Morgan fingerprint density at radius 1 is 1.37 bits per heavy atom. The summed E-state index contributed by atoms with van der Waals surface area (Å²) in [5.41, 5.74) is 0.512. The molecule has 0 radical (unpaired) electrons. The molecule has 1 aliphatic heterocycles. The van der Waals surface area contributed by atoms with Crippen molar-refractivity contribution in [1.29, 1.82) is 0 Å². The van der Waals surface area contributed by atoms with Gasteiger partial charge >= 0.3 is 0 Å². The summed E-state index contributed by atoms with van der Waals surface area (Å²) in [4.78, 5) is 14.2. The largest absolute Gasteiger partial charge is 0.340 e. The first-order chi connectivity index (χ1) is 9.18. The van der Waals surface area contributed by atoms with E-state index in [0.29, 0.717) is 17.0 Å². The predicted molar refractivity (Wildman–Crippen MR) is 71.7 cm³/mol. The van der Waals surface area contributed by atoms with Gasteiger partial charge in [0.1, 0.15) is 5.82 Å². The van der Waals surface area contributed by atoms with Crippen LogP contribution in [0, 0.1) is 11.7 Å². The molecule has 19 heavy (non-hydrogen) atoms. The molecule has 1 aromatic carbocycles. The van der Waals surface area contributed by atoms with Gasteiger partial charge in [-0.05, 0) is 18.6 Å². The molecule has 5 heteroatoms. The molecule has 1 amide bonds. The number of nitrogens with one attached hydrogen (secondary N) is 1. The van der Waals surface area contributed by atoms with Gasteiger partial charge in [0, 0.05) is 48.6 Å². The van der Waals surface area contributed by atoms with Crippen LogP contribution >= 0.6 is 11.6 Å². The van der Waals surface area contributed by atoms with Gasteiger partial charge in [0.25, 0.3) is 0 Å². The van der Waals surface area contributed by atoms with Gasteiger partial charge in [0.2, 0.25) is 5.91 Å². The molecule has 102 valence electrons. The first-order valence-electron chi connectivity index (χ1n) is 6.62. The third-order valence-corrected chi connectivity index (χ3v) is 4.24. The molecule has 3 nitrogen and oxygen atoms in total. The predicted octanol–water partition coefficient (Wildman–Crippen LogP) is 2.01. The average molecular weight is 283 g/mol. The smallest absolute Gasteiger partial charge is 0.226 e. The summed E-state index contributed by atoms with van der Waals surface area (Å²) in [6.45, 7) is 3.16. The molecule has 1 saturated carbocycles. The van der Waals surface area contributed by atoms with Crippen LogP contribution in [-0.2, 0) is 4.79 Å². The third kappa shape index (κ3) is 2.47. The summed E-state index contributed by atoms with van der Waals surface area (Å²) in [6.07, 6.45) is 0.712. The molecule has 1 aromatic rings. The lowest BCUT2D eigenvalue weighted by molar-refractivity contribution is -0.133. The van der Waals surface area contributed by atoms with Crippen LogP contribution in [0.4, 0.5) is 4.39 Å². The van der Waals surface area contributed by atoms with Crippen LogP contribution in [0.25, 0.3) is 0 Å². The lowest BCUT2D eigenvalue weighted by Gasteiger charge is -2.27. The zero-order chi connectivity index (χ0) is 13.4. The third-order valence-electron chi connectivity index (χ3n) is 3.91. The molecule has 3 rings (SSSR count). The lowest BCUT2D eigenvalue weighted by Crippen LogP contribution is -2.47. The monoisotopic (exact) mass is 282 g/mol. The van der Waals surface area contributed by atoms with Crippen LogP contribution in [0.3, 0.4) is 0 Å². The topological polar surface area (TPSA) is 32.3 Å². The second-order valence-corrected chi connectivity index (χ2v) is 5.57. The Hall–Kier alpha value is -1.13. The maximum absolute atomic E-state index is 13.8. The molecule has 1 aliphatic carbocycles. The SMILES string of the molecule is O=C([C@H]1C[C@H]1c1c(F)cccc1Cl)N1CCNCC1. The standard InChI is InChI=1S/C14H16ClFN2O/c15-11-2-1-3-12(16)13(11)9-8-10(9)14(19)18-6-4-17-5-7-18/h1-3,9-10,17H,4-8H2/t9-,10+/m1/s1. The van der Waals surface area contributed by atoms with Crippen molar-refractivity contribution in [3.8, 4) is 0 Å². The maximum Gasteiger partial charge on any atom is 0.226 e. The highest BCUT2D eigenvalue weighted by Crippen LogP contribution is 2.51. The Balaban J connectivity index is 1.72. The van der Waals surface area contributed by atoms with Gasteiger partial charge in [-0.2, -0.15) is 0 Å². The van der Waals surface area contributed by atoms with Gasteiger partial charge in [-0.15, -0.1) is 0 Å². The van der Waals surface area contributed by atoms with Crippen molar-refractivity contribution in [3.05, 3.63) is 34.6 Å². The Kier molecular flexibility index (Phi) is 3.46. The molecule has 2 fully saturated rings. The fraction of sp³-hybridized carbons (Fsp3) is 0.500. The van der Waals surface area contributed by atoms with E-state index in [-0.39, 0.29) is 23.6 Å². The van der Waals surface area contributed by atoms with Crippen molar-refractivity contribution < 1.29 is 9.18 Å². The quantitative estimate of drug-likeness (QED) is 0.900. The van der Waals surface area contributed by atoms with Crippen LogP contribution in [0.15, 0.2) is 18.2 Å². The number of nitrogens with zero attached hydrogens (tertiary/aromatic N) is 1. The minimum absolute atomic E-state index is 0.0453. The van der Waals surface area contributed by atoms with Gasteiger partial charge in [-0.25, -0.2) is 4.39 Å². The molecule has 1 N–H and O–H groups in total. The van der Waals surface area contributed by atoms with Gasteiger partial charge in [0.05, 0.1) is 0 Å². The summed E-state index contributed by atoms with van der Waals surface area (Å²) < 4.78 is 13.8. The second kappa shape index (κ2) is 5.10. The van der Waals surface area contributed by atoms with Crippen molar-refractivity contribution >= 4 is 17.5 Å². The zero-order valence-electron chi connectivity index (χ0n) is 10.5. The van der Waals surface area contributed by atoms with Gasteiger partial charge in [0.15, 0.2) is 0 Å². The van der Waals surface area contributed by atoms with E-state index in [1.54, 1.807) is 12.1 Å². The Morgan fingerprint density at radius 3 is 2.79 bits per heavy atom.